The molecule has 0 aliphatic carbocycles. The predicted octanol–water partition coefficient (Wildman–Crippen LogP) is 1.68. The van der Waals surface area contributed by atoms with Gasteiger partial charge >= 0.3 is 12.1 Å². The number of nitrogens with zero attached hydrogens (tertiary/aromatic N) is 2. The number of carbonyl (C=O) groups is 2. The molecular formula is C15H18N2O4. The molecule has 6 heteroatoms. The Morgan fingerprint density at radius 2 is 2.38 bits per heavy atom. The van der Waals surface area contributed by atoms with Gasteiger partial charge < -0.3 is 14.7 Å². The topological polar surface area (TPSA) is 79.7 Å². The standard InChI is InChI=1S/C15H18N2O4/c1-3-8-21-14(20)17-9-11(13(18)19)15(2,10-17)12-6-4-5-7-16-12/h3-7,11H,1,8-10H2,2H3,(H,18,19)/t11-,15+/m1/s1. The summed E-state index contributed by atoms with van der Waals surface area (Å²) in [5.74, 6) is -1.66. The van der Waals surface area contributed by atoms with Crippen LogP contribution in [0.15, 0.2) is 37.1 Å². The molecule has 1 N–H and O–H groups in total. The van der Waals surface area contributed by atoms with Crippen LogP contribution in [0.1, 0.15) is 12.6 Å². The zero-order valence-electron chi connectivity index (χ0n) is 11.9. The number of ether oxygens (including phenoxy) is 1. The average Bonchev–Trinajstić information content (AvgIpc) is 2.85. The molecule has 1 saturated heterocycles. The second-order valence-electron chi connectivity index (χ2n) is 5.27. The summed E-state index contributed by atoms with van der Waals surface area (Å²) < 4.78 is 4.99. The van der Waals surface area contributed by atoms with Crippen molar-refractivity contribution in [3.05, 3.63) is 42.7 Å². The monoisotopic (exact) mass is 290 g/mol. The lowest BCUT2D eigenvalue weighted by Gasteiger charge is -2.27. The van der Waals surface area contributed by atoms with Gasteiger partial charge in [-0.05, 0) is 12.1 Å². The molecule has 2 atom stereocenters. The number of hydrogen-bond donors (Lipinski definition) is 1. The second-order valence-corrected chi connectivity index (χ2v) is 5.27. The molecule has 1 aliphatic rings. The molecule has 0 radical (unpaired) electrons. The molecule has 0 spiro atoms. The molecule has 2 heterocycles. The summed E-state index contributed by atoms with van der Waals surface area (Å²) in [6.45, 7) is 5.77. The first-order valence-electron chi connectivity index (χ1n) is 6.66. The molecule has 1 aromatic rings. The summed E-state index contributed by atoms with van der Waals surface area (Å²) >= 11 is 0. The van der Waals surface area contributed by atoms with E-state index in [1.165, 1.54) is 11.0 Å². The molecule has 0 saturated carbocycles. The van der Waals surface area contributed by atoms with Gasteiger partial charge in [-0.15, -0.1) is 0 Å². The Bertz CT molecular complexity index is 546. The number of carboxylic acids is 1. The van der Waals surface area contributed by atoms with Crippen LogP contribution in [0, 0.1) is 5.92 Å². The van der Waals surface area contributed by atoms with Crippen molar-refractivity contribution in [3.8, 4) is 0 Å². The number of amides is 1. The first kappa shape index (κ1) is 15.0. The van der Waals surface area contributed by atoms with E-state index in [2.05, 4.69) is 11.6 Å². The number of rotatable bonds is 4. The summed E-state index contributed by atoms with van der Waals surface area (Å²) in [6.07, 6.45) is 2.57. The maximum Gasteiger partial charge on any atom is 0.410 e. The Morgan fingerprint density at radius 3 is 2.95 bits per heavy atom. The van der Waals surface area contributed by atoms with Gasteiger partial charge in [0, 0.05) is 30.4 Å². The van der Waals surface area contributed by atoms with E-state index in [0.29, 0.717) is 5.69 Å². The van der Waals surface area contributed by atoms with Gasteiger partial charge in [-0.2, -0.15) is 0 Å². The third-order valence-electron chi connectivity index (χ3n) is 3.82. The highest BCUT2D eigenvalue weighted by Crippen LogP contribution is 2.38. The minimum atomic E-state index is -0.942. The quantitative estimate of drug-likeness (QED) is 0.853. The van der Waals surface area contributed by atoms with Crippen LogP contribution < -0.4 is 0 Å². The first-order chi connectivity index (χ1) is 9.99. The highest BCUT2D eigenvalue weighted by atomic mass is 16.6. The van der Waals surface area contributed by atoms with Crippen LogP contribution in [0.5, 0.6) is 0 Å². The fourth-order valence-corrected chi connectivity index (χ4v) is 2.66. The van der Waals surface area contributed by atoms with E-state index < -0.39 is 23.4 Å². The summed E-state index contributed by atoms with van der Waals surface area (Å²) in [5.41, 5.74) is -0.0725. The van der Waals surface area contributed by atoms with Gasteiger partial charge in [-0.25, -0.2) is 4.79 Å². The van der Waals surface area contributed by atoms with Crippen LogP contribution in [0.3, 0.4) is 0 Å². The molecule has 21 heavy (non-hydrogen) atoms. The van der Waals surface area contributed by atoms with E-state index in [-0.39, 0.29) is 19.7 Å². The summed E-state index contributed by atoms with van der Waals surface area (Å²) in [7, 11) is 0. The molecule has 1 amide bonds. The SMILES string of the molecule is C=CCOC(=O)N1C[C@H](C(=O)O)[C@@](C)(c2ccccn2)C1. The molecule has 1 aromatic heterocycles. The van der Waals surface area contributed by atoms with Crippen LogP contribution in [-0.2, 0) is 14.9 Å². The van der Waals surface area contributed by atoms with Crippen LogP contribution in [0.25, 0.3) is 0 Å². The maximum atomic E-state index is 11.9. The van der Waals surface area contributed by atoms with Crippen molar-refractivity contribution in [2.24, 2.45) is 5.92 Å². The third-order valence-corrected chi connectivity index (χ3v) is 3.82. The van der Waals surface area contributed by atoms with Crippen LogP contribution in [-0.4, -0.2) is 46.7 Å². The molecule has 1 aliphatic heterocycles. The number of pyridine rings is 1. The highest BCUT2D eigenvalue weighted by Gasteiger charge is 2.50. The minimum absolute atomic E-state index is 0.105. The number of carboxylic acid groups (broad SMARTS) is 1. The molecule has 0 unspecified atom stereocenters. The van der Waals surface area contributed by atoms with Crippen molar-refractivity contribution in [1.82, 2.24) is 9.88 Å². The predicted molar refractivity (Wildman–Crippen MR) is 75.8 cm³/mol. The lowest BCUT2D eigenvalue weighted by Crippen LogP contribution is -2.37. The van der Waals surface area contributed by atoms with Crippen molar-refractivity contribution in [1.29, 1.82) is 0 Å². The van der Waals surface area contributed by atoms with Gasteiger partial charge in [-0.1, -0.05) is 25.6 Å². The molecule has 112 valence electrons. The van der Waals surface area contributed by atoms with Crippen LogP contribution in [0.2, 0.25) is 0 Å². The Morgan fingerprint density at radius 1 is 1.62 bits per heavy atom. The fourth-order valence-electron chi connectivity index (χ4n) is 2.66. The van der Waals surface area contributed by atoms with E-state index >= 15 is 0 Å². The normalized spacial score (nSPS) is 24.6. The van der Waals surface area contributed by atoms with E-state index in [1.807, 2.05) is 13.0 Å². The smallest absolute Gasteiger partial charge is 0.410 e. The second kappa shape index (κ2) is 5.95. The van der Waals surface area contributed by atoms with Crippen molar-refractivity contribution >= 4 is 12.1 Å². The first-order valence-corrected chi connectivity index (χ1v) is 6.66. The lowest BCUT2D eigenvalue weighted by atomic mass is 9.77. The van der Waals surface area contributed by atoms with E-state index in [0.717, 1.165) is 0 Å². The van der Waals surface area contributed by atoms with Crippen molar-refractivity contribution in [2.45, 2.75) is 12.3 Å². The fraction of sp³-hybridized carbons (Fsp3) is 0.400. The number of carbonyl (C=O) groups excluding carboxylic acids is 1. The number of aliphatic carboxylic acids is 1. The number of likely N-dealkylation sites (tertiary alicyclic amines) is 1. The molecular weight excluding hydrogens is 272 g/mol. The average molecular weight is 290 g/mol. The van der Waals surface area contributed by atoms with Crippen LogP contribution in [0.4, 0.5) is 4.79 Å². The van der Waals surface area contributed by atoms with Crippen molar-refractivity contribution < 1.29 is 19.4 Å². The molecule has 2 rings (SSSR count). The molecule has 0 bridgehead atoms. The maximum absolute atomic E-state index is 11.9. The van der Waals surface area contributed by atoms with Crippen molar-refractivity contribution in [3.63, 3.8) is 0 Å². The largest absolute Gasteiger partial charge is 0.481 e. The molecule has 6 nitrogen and oxygen atoms in total. The Kier molecular flexibility index (Phi) is 4.26. The molecule has 0 aromatic carbocycles. The Labute approximate surface area is 123 Å². The van der Waals surface area contributed by atoms with Gasteiger partial charge in [0.2, 0.25) is 0 Å². The lowest BCUT2D eigenvalue weighted by molar-refractivity contribution is -0.142. The van der Waals surface area contributed by atoms with Gasteiger partial charge in [0.25, 0.3) is 0 Å². The zero-order valence-corrected chi connectivity index (χ0v) is 11.9. The minimum Gasteiger partial charge on any atom is -0.481 e. The van der Waals surface area contributed by atoms with Gasteiger partial charge in [-0.3, -0.25) is 9.78 Å². The van der Waals surface area contributed by atoms with E-state index in [9.17, 15) is 14.7 Å². The number of aromatic nitrogens is 1. The Hall–Kier alpha value is -2.37. The van der Waals surface area contributed by atoms with Crippen LogP contribution >= 0.6 is 0 Å². The highest BCUT2D eigenvalue weighted by molar-refractivity contribution is 5.76. The third kappa shape index (κ3) is 2.89. The zero-order chi connectivity index (χ0) is 15.5. The van der Waals surface area contributed by atoms with E-state index in [1.54, 1.807) is 18.3 Å². The summed E-state index contributed by atoms with van der Waals surface area (Å²) in [4.78, 5) is 29.2. The molecule has 1 fully saturated rings. The summed E-state index contributed by atoms with van der Waals surface area (Å²) in [6, 6.07) is 5.37. The van der Waals surface area contributed by atoms with Gasteiger partial charge in [0.05, 0.1) is 5.92 Å². The van der Waals surface area contributed by atoms with Gasteiger partial charge in [0.15, 0.2) is 0 Å². The Balaban J connectivity index is 2.26. The number of hydrogen-bond acceptors (Lipinski definition) is 4. The summed E-state index contributed by atoms with van der Waals surface area (Å²) in [5, 5.41) is 9.46. The van der Waals surface area contributed by atoms with Gasteiger partial charge in [0.1, 0.15) is 6.61 Å². The van der Waals surface area contributed by atoms with Crippen molar-refractivity contribution in [2.75, 3.05) is 19.7 Å². The van der Waals surface area contributed by atoms with E-state index in [4.69, 9.17) is 4.74 Å².